The summed E-state index contributed by atoms with van der Waals surface area (Å²) in [6, 6.07) is 10.7. The molecule has 4 unspecified atom stereocenters. The van der Waals surface area contributed by atoms with Gasteiger partial charge in [0.2, 0.25) is 0 Å². The van der Waals surface area contributed by atoms with Crippen molar-refractivity contribution in [2.75, 3.05) is 0 Å². The molecule has 1 heteroatoms. The first-order valence-electron chi connectivity index (χ1n) is 6.46. The maximum atomic E-state index is 10.6. The van der Waals surface area contributed by atoms with Crippen molar-refractivity contribution in [3.8, 4) is 0 Å². The maximum Gasteiger partial charge on any atom is 0.0684 e. The molecule has 4 atom stereocenters. The van der Waals surface area contributed by atoms with Crippen LogP contribution < -0.4 is 0 Å². The Kier molecular flexibility index (Phi) is 2.32. The second kappa shape index (κ2) is 3.59. The molecule has 86 valence electrons. The SMILES string of the molecule is CC1CCC(O)(C2CC2c2ccccc2)C1. The quantitative estimate of drug-likeness (QED) is 0.804. The second-order valence-electron chi connectivity index (χ2n) is 5.81. The summed E-state index contributed by atoms with van der Waals surface area (Å²) in [7, 11) is 0. The van der Waals surface area contributed by atoms with Gasteiger partial charge in [0, 0.05) is 0 Å². The van der Waals surface area contributed by atoms with Crippen LogP contribution >= 0.6 is 0 Å². The van der Waals surface area contributed by atoms with Gasteiger partial charge < -0.3 is 5.11 Å². The lowest BCUT2D eigenvalue weighted by molar-refractivity contribution is 0.0194. The van der Waals surface area contributed by atoms with Crippen molar-refractivity contribution in [2.24, 2.45) is 11.8 Å². The lowest BCUT2D eigenvalue weighted by Crippen LogP contribution is -2.28. The highest BCUT2D eigenvalue weighted by atomic mass is 16.3. The first kappa shape index (κ1) is 10.3. The summed E-state index contributed by atoms with van der Waals surface area (Å²) in [4.78, 5) is 0. The molecule has 0 radical (unpaired) electrons. The van der Waals surface area contributed by atoms with Gasteiger partial charge in [-0.1, -0.05) is 37.3 Å². The highest BCUT2D eigenvalue weighted by Crippen LogP contribution is 2.58. The summed E-state index contributed by atoms with van der Waals surface area (Å²) in [6.45, 7) is 2.26. The molecule has 2 aliphatic carbocycles. The van der Waals surface area contributed by atoms with Crippen molar-refractivity contribution in [3.63, 3.8) is 0 Å². The van der Waals surface area contributed by atoms with Gasteiger partial charge in [-0.3, -0.25) is 0 Å². The maximum absolute atomic E-state index is 10.6. The third kappa shape index (κ3) is 1.67. The van der Waals surface area contributed by atoms with E-state index in [9.17, 15) is 5.11 Å². The summed E-state index contributed by atoms with van der Waals surface area (Å²) in [5.74, 6) is 1.86. The minimum atomic E-state index is -0.347. The molecule has 0 heterocycles. The Morgan fingerprint density at radius 3 is 2.62 bits per heavy atom. The predicted molar refractivity (Wildman–Crippen MR) is 65.3 cm³/mol. The average molecular weight is 216 g/mol. The van der Waals surface area contributed by atoms with E-state index in [0.29, 0.717) is 17.8 Å². The van der Waals surface area contributed by atoms with Crippen LogP contribution in [0.1, 0.15) is 44.1 Å². The first-order valence-corrected chi connectivity index (χ1v) is 6.46. The lowest BCUT2D eigenvalue weighted by atomic mass is 9.92. The standard InChI is InChI=1S/C15H20O/c1-11-7-8-15(16,10-11)14-9-13(14)12-5-3-2-4-6-12/h2-6,11,13-14,16H,7-10H2,1H3. The zero-order valence-electron chi connectivity index (χ0n) is 9.89. The number of hydrogen-bond acceptors (Lipinski definition) is 1. The molecule has 0 amide bonds. The Balaban J connectivity index is 1.72. The van der Waals surface area contributed by atoms with E-state index in [-0.39, 0.29) is 5.60 Å². The van der Waals surface area contributed by atoms with E-state index >= 15 is 0 Å². The number of benzene rings is 1. The lowest BCUT2D eigenvalue weighted by Gasteiger charge is -2.23. The predicted octanol–water partition coefficient (Wildman–Crippen LogP) is 3.34. The van der Waals surface area contributed by atoms with Gasteiger partial charge in [0.25, 0.3) is 0 Å². The molecule has 3 rings (SSSR count). The van der Waals surface area contributed by atoms with E-state index in [1.165, 1.54) is 18.4 Å². The van der Waals surface area contributed by atoms with Crippen LogP contribution in [-0.4, -0.2) is 10.7 Å². The third-order valence-corrected chi connectivity index (χ3v) is 4.48. The molecule has 1 N–H and O–H groups in total. The molecule has 0 spiro atoms. The van der Waals surface area contributed by atoms with E-state index in [1.807, 2.05) is 0 Å². The largest absolute Gasteiger partial charge is 0.390 e. The molecular formula is C15H20O. The third-order valence-electron chi connectivity index (χ3n) is 4.48. The summed E-state index contributed by atoms with van der Waals surface area (Å²) in [5, 5.41) is 10.6. The molecule has 1 aromatic carbocycles. The molecule has 0 aromatic heterocycles. The van der Waals surface area contributed by atoms with Crippen LogP contribution in [0.5, 0.6) is 0 Å². The average Bonchev–Trinajstić information content (AvgIpc) is 3.02. The fourth-order valence-corrected chi connectivity index (χ4v) is 3.50. The van der Waals surface area contributed by atoms with Crippen LogP contribution in [0.2, 0.25) is 0 Å². The Morgan fingerprint density at radius 2 is 2.00 bits per heavy atom. The van der Waals surface area contributed by atoms with Gasteiger partial charge in [-0.15, -0.1) is 0 Å². The van der Waals surface area contributed by atoms with Gasteiger partial charge in [0.15, 0.2) is 0 Å². The number of rotatable bonds is 2. The normalized spacial score (nSPS) is 42.2. The van der Waals surface area contributed by atoms with Crippen LogP contribution in [0, 0.1) is 11.8 Å². The second-order valence-corrected chi connectivity index (χ2v) is 5.81. The summed E-state index contributed by atoms with van der Waals surface area (Å²) < 4.78 is 0. The monoisotopic (exact) mass is 216 g/mol. The van der Waals surface area contributed by atoms with Crippen LogP contribution in [0.15, 0.2) is 30.3 Å². The van der Waals surface area contributed by atoms with E-state index in [1.54, 1.807) is 0 Å². The van der Waals surface area contributed by atoms with Crippen LogP contribution in [-0.2, 0) is 0 Å². The minimum Gasteiger partial charge on any atom is -0.390 e. The highest BCUT2D eigenvalue weighted by Gasteiger charge is 2.54. The van der Waals surface area contributed by atoms with Gasteiger partial charge >= 0.3 is 0 Å². The Morgan fingerprint density at radius 1 is 1.25 bits per heavy atom. The highest BCUT2D eigenvalue weighted by molar-refractivity contribution is 5.28. The summed E-state index contributed by atoms with van der Waals surface area (Å²) in [6.07, 6.45) is 4.42. The zero-order chi connectivity index (χ0) is 11.2. The fraction of sp³-hybridized carbons (Fsp3) is 0.600. The van der Waals surface area contributed by atoms with Gasteiger partial charge in [0.1, 0.15) is 0 Å². The smallest absolute Gasteiger partial charge is 0.0684 e. The molecule has 2 saturated carbocycles. The number of hydrogen-bond donors (Lipinski definition) is 1. The topological polar surface area (TPSA) is 20.2 Å². The van der Waals surface area contributed by atoms with Crippen molar-refractivity contribution >= 4 is 0 Å². The summed E-state index contributed by atoms with van der Waals surface area (Å²) >= 11 is 0. The van der Waals surface area contributed by atoms with Crippen LogP contribution in [0.25, 0.3) is 0 Å². The Hall–Kier alpha value is -0.820. The van der Waals surface area contributed by atoms with E-state index in [0.717, 1.165) is 12.8 Å². The molecule has 2 fully saturated rings. The molecule has 0 saturated heterocycles. The minimum absolute atomic E-state index is 0.347. The molecule has 1 aromatic rings. The van der Waals surface area contributed by atoms with Crippen molar-refractivity contribution in [2.45, 2.75) is 44.1 Å². The van der Waals surface area contributed by atoms with Gasteiger partial charge in [0.05, 0.1) is 5.60 Å². The van der Waals surface area contributed by atoms with Crippen molar-refractivity contribution in [1.82, 2.24) is 0 Å². The van der Waals surface area contributed by atoms with Crippen LogP contribution in [0.4, 0.5) is 0 Å². The molecular weight excluding hydrogens is 196 g/mol. The van der Waals surface area contributed by atoms with Gasteiger partial charge in [-0.05, 0) is 49.0 Å². The molecule has 0 bridgehead atoms. The molecule has 0 aliphatic heterocycles. The Labute approximate surface area is 97.5 Å². The van der Waals surface area contributed by atoms with E-state index < -0.39 is 0 Å². The molecule has 2 aliphatic rings. The molecule has 16 heavy (non-hydrogen) atoms. The fourth-order valence-electron chi connectivity index (χ4n) is 3.50. The molecule has 1 nitrogen and oxygen atoms in total. The van der Waals surface area contributed by atoms with Crippen LogP contribution in [0.3, 0.4) is 0 Å². The zero-order valence-corrected chi connectivity index (χ0v) is 9.89. The van der Waals surface area contributed by atoms with Crippen molar-refractivity contribution in [1.29, 1.82) is 0 Å². The van der Waals surface area contributed by atoms with Gasteiger partial charge in [-0.2, -0.15) is 0 Å². The number of aliphatic hydroxyl groups is 1. The Bertz CT molecular complexity index is 372. The first-order chi connectivity index (χ1) is 7.69. The van der Waals surface area contributed by atoms with E-state index in [2.05, 4.69) is 37.3 Å². The van der Waals surface area contributed by atoms with Crippen molar-refractivity contribution < 1.29 is 5.11 Å². The van der Waals surface area contributed by atoms with E-state index in [4.69, 9.17) is 0 Å². The summed E-state index contributed by atoms with van der Waals surface area (Å²) in [5.41, 5.74) is 1.07. The van der Waals surface area contributed by atoms with Crippen molar-refractivity contribution in [3.05, 3.63) is 35.9 Å². The van der Waals surface area contributed by atoms with Gasteiger partial charge in [-0.25, -0.2) is 0 Å².